The Bertz CT molecular complexity index is 560. The Labute approximate surface area is 176 Å². The Morgan fingerprint density at radius 2 is 1.70 bits per heavy atom. The Morgan fingerprint density at radius 3 is 2.30 bits per heavy atom. The van der Waals surface area contributed by atoms with Crippen LogP contribution in [0.3, 0.4) is 0 Å². The molecule has 0 bridgehead atoms. The first kappa shape index (κ1) is 24.2. The molecule has 2 fully saturated rings. The molecule has 27 heavy (non-hydrogen) atoms. The highest BCUT2D eigenvalue weighted by Gasteiger charge is 2.58. The van der Waals surface area contributed by atoms with E-state index in [4.69, 9.17) is 0 Å². The number of likely N-dealkylation sites (N-methyl/N-ethyl adjacent to an activating group) is 1. The molecule has 1 heterocycles. The fraction of sp³-hybridized carbons (Fsp3) is 0.667. The van der Waals surface area contributed by atoms with Crippen LogP contribution in [-0.2, 0) is 11.3 Å². The van der Waals surface area contributed by atoms with Gasteiger partial charge in [0.15, 0.2) is 0 Å². The number of halogens is 2. The Kier molecular flexibility index (Phi) is 10.1. The van der Waals surface area contributed by atoms with Crippen molar-refractivity contribution in [3.05, 3.63) is 35.9 Å². The molecule has 1 aromatic carbocycles. The molecule has 1 N–H and O–H groups in total. The van der Waals surface area contributed by atoms with Crippen LogP contribution in [0.4, 0.5) is 0 Å². The molecule has 1 unspecified atom stereocenters. The average Bonchev–Trinajstić information content (AvgIpc) is 3.35. The van der Waals surface area contributed by atoms with Crippen LogP contribution in [0.2, 0.25) is 0 Å². The van der Waals surface area contributed by atoms with E-state index in [-0.39, 0.29) is 30.7 Å². The molecule has 1 amide bonds. The van der Waals surface area contributed by atoms with E-state index in [2.05, 4.69) is 53.2 Å². The minimum Gasteiger partial charge on any atom is -0.337 e. The summed E-state index contributed by atoms with van der Waals surface area (Å²) >= 11 is 0. The highest BCUT2D eigenvalue weighted by molar-refractivity contribution is 5.85. The minimum absolute atomic E-state index is 0. The van der Waals surface area contributed by atoms with Gasteiger partial charge in [0.1, 0.15) is 0 Å². The van der Waals surface area contributed by atoms with Gasteiger partial charge in [0.25, 0.3) is 0 Å². The fourth-order valence-corrected chi connectivity index (χ4v) is 4.27. The van der Waals surface area contributed by atoms with Crippen molar-refractivity contribution in [3.8, 4) is 0 Å². The van der Waals surface area contributed by atoms with E-state index < -0.39 is 0 Å². The Morgan fingerprint density at radius 1 is 1.07 bits per heavy atom. The number of amides is 1. The van der Waals surface area contributed by atoms with Crippen LogP contribution >= 0.6 is 24.8 Å². The minimum atomic E-state index is 0. The van der Waals surface area contributed by atoms with Gasteiger partial charge in [0.2, 0.25) is 5.91 Å². The quantitative estimate of drug-likeness (QED) is 0.704. The fourth-order valence-electron chi connectivity index (χ4n) is 4.27. The van der Waals surface area contributed by atoms with Gasteiger partial charge >= 0.3 is 0 Å². The predicted octanol–water partition coefficient (Wildman–Crippen LogP) is 3.59. The van der Waals surface area contributed by atoms with Crippen LogP contribution in [0, 0.1) is 11.3 Å². The van der Waals surface area contributed by atoms with Crippen molar-refractivity contribution >= 4 is 30.7 Å². The number of carbonyl (C=O) groups is 1. The second-order valence-corrected chi connectivity index (χ2v) is 7.64. The predicted molar refractivity (Wildman–Crippen MR) is 117 cm³/mol. The third-order valence-corrected chi connectivity index (χ3v) is 6.20. The molecule has 154 valence electrons. The molecular weight excluding hydrogens is 381 g/mol. The van der Waals surface area contributed by atoms with Crippen LogP contribution in [0.1, 0.15) is 38.7 Å². The number of nitrogens with one attached hydrogen (secondary N) is 1. The number of nitrogens with zero attached hydrogens (tertiary/aromatic N) is 2. The van der Waals surface area contributed by atoms with E-state index in [9.17, 15) is 4.79 Å². The lowest BCUT2D eigenvalue weighted by Crippen LogP contribution is -2.40. The first-order valence-corrected chi connectivity index (χ1v) is 9.94. The lowest BCUT2D eigenvalue weighted by atomic mass is 9.91. The molecule has 1 aromatic rings. The van der Waals surface area contributed by atoms with E-state index in [1.165, 1.54) is 18.4 Å². The largest absolute Gasteiger partial charge is 0.337 e. The molecule has 1 aliphatic heterocycles. The third kappa shape index (κ3) is 6.08. The van der Waals surface area contributed by atoms with Crippen molar-refractivity contribution in [1.82, 2.24) is 15.1 Å². The average molecular weight is 416 g/mol. The monoisotopic (exact) mass is 415 g/mol. The molecule has 1 saturated heterocycles. The molecule has 1 spiro atoms. The summed E-state index contributed by atoms with van der Waals surface area (Å²) in [5.74, 6) is 0.646. The van der Waals surface area contributed by atoms with E-state index in [0.29, 0.717) is 11.3 Å². The summed E-state index contributed by atoms with van der Waals surface area (Å²) in [5, 5.41) is 3.43. The number of carbonyl (C=O) groups excluding carboxylic acids is 1. The van der Waals surface area contributed by atoms with Gasteiger partial charge in [-0.2, -0.15) is 0 Å². The zero-order valence-electron chi connectivity index (χ0n) is 16.7. The number of hydrogen-bond donors (Lipinski definition) is 1. The summed E-state index contributed by atoms with van der Waals surface area (Å²) < 4.78 is 0. The first-order valence-electron chi connectivity index (χ1n) is 9.94. The molecule has 1 atom stereocenters. The van der Waals surface area contributed by atoms with Gasteiger partial charge in [-0.15, -0.1) is 24.8 Å². The van der Waals surface area contributed by atoms with Crippen molar-refractivity contribution in [2.75, 3.05) is 39.3 Å². The summed E-state index contributed by atoms with van der Waals surface area (Å²) in [6, 6.07) is 10.4. The van der Waals surface area contributed by atoms with E-state index in [1.54, 1.807) is 0 Å². The van der Waals surface area contributed by atoms with Crippen LogP contribution in [0.5, 0.6) is 0 Å². The highest BCUT2D eigenvalue weighted by Crippen LogP contribution is 2.59. The van der Waals surface area contributed by atoms with Crippen LogP contribution in [0.25, 0.3) is 0 Å². The molecule has 2 aliphatic rings. The third-order valence-electron chi connectivity index (χ3n) is 6.20. The maximum absolute atomic E-state index is 13.3. The second-order valence-electron chi connectivity index (χ2n) is 7.64. The molecule has 0 radical (unpaired) electrons. The smallest absolute Gasteiger partial charge is 0.226 e. The van der Waals surface area contributed by atoms with Crippen LogP contribution in [0.15, 0.2) is 30.3 Å². The second kappa shape index (κ2) is 11.3. The molecule has 4 nitrogen and oxygen atoms in total. The summed E-state index contributed by atoms with van der Waals surface area (Å²) in [6.07, 6.45) is 3.43. The normalized spacial score (nSPS) is 19.9. The van der Waals surface area contributed by atoms with E-state index in [1.807, 2.05) is 6.07 Å². The van der Waals surface area contributed by atoms with Crippen molar-refractivity contribution in [3.63, 3.8) is 0 Å². The van der Waals surface area contributed by atoms with Crippen molar-refractivity contribution in [1.29, 1.82) is 0 Å². The summed E-state index contributed by atoms with van der Waals surface area (Å²) in [4.78, 5) is 17.8. The van der Waals surface area contributed by atoms with E-state index in [0.717, 1.165) is 52.2 Å². The number of hydrogen-bond acceptors (Lipinski definition) is 3. The zero-order chi connectivity index (χ0) is 17.7. The number of rotatable bonds is 8. The lowest BCUT2D eigenvalue weighted by molar-refractivity contribution is -0.134. The summed E-state index contributed by atoms with van der Waals surface area (Å²) in [7, 11) is 0. The SMILES string of the molecule is CCN(CC)CCN(Cc1ccccc1)C(=O)C1CC12CCNCC2.Cl.Cl. The highest BCUT2D eigenvalue weighted by atomic mass is 35.5. The Balaban J connectivity index is 0.00000182. The van der Waals surface area contributed by atoms with Gasteiger partial charge in [-0.3, -0.25) is 4.79 Å². The van der Waals surface area contributed by atoms with Crippen molar-refractivity contribution < 1.29 is 4.79 Å². The molecule has 0 aromatic heterocycles. The maximum Gasteiger partial charge on any atom is 0.226 e. The molecular formula is C21H35Cl2N3O. The number of piperidine rings is 1. The maximum atomic E-state index is 13.3. The van der Waals surface area contributed by atoms with Gasteiger partial charge in [0.05, 0.1) is 0 Å². The van der Waals surface area contributed by atoms with E-state index >= 15 is 0 Å². The molecule has 3 rings (SSSR count). The van der Waals surface area contributed by atoms with Crippen molar-refractivity contribution in [2.45, 2.75) is 39.7 Å². The standard InChI is InChI=1S/C21H33N3O.2ClH/c1-3-23(4-2)14-15-24(17-18-8-6-5-7-9-18)20(25)19-16-21(19)10-12-22-13-11-21;;/h5-9,19,22H,3-4,10-17H2,1-2H3;2*1H. The zero-order valence-corrected chi connectivity index (χ0v) is 18.3. The van der Waals surface area contributed by atoms with Crippen LogP contribution < -0.4 is 5.32 Å². The molecule has 6 heteroatoms. The Hall–Kier alpha value is -0.810. The van der Waals surface area contributed by atoms with Crippen molar-refractivity contribution in [2.24, 2.45) is 11.3 Å². The van der Waals surface area contributed by atoms with Gasteiger partial charge < -0.3 is 15.1 Å². The molecule has 1 aliphatic carbocycles. The van der Waals surface area contributed by atoms with Gasteiger partial charge in [-0.1, -0.05) is 44.2 Å². The number of benzene rings is 1. The molecule has 1 saturated carbocycles. The van der Waals surface area contributed by atoms with Crippen LogP contribution in [-0.4, -0.2) is 55.0 Å². The van der Waals surface area contributed by atoms with Gasteiger partial charge in [0, 0.05) is 25.6 Å². The summed E-state index contributed by atoms with van der Waals surface area (Å²) in [5.41, 5.74) is 1.54. The topological polar surface area (TPSA) is 35.6 Å². The first-order chi connectivity index (χ1) is 12.2. The lowest BCUT2D eigenvalue weighted by Gasteiger charge is -2.29. The summed E-state index contributed by atoms with van der Waals surface area (Å²) in [6.45, 7) is 11.2. The van der Waals surface area contributed by atoms with Gasteiger partial charge in [-0.25, -0.2) is 0 Å². The van der Waals surface area contributed by atoms with Gasteiger partial charge in [-0.05, 0) is 56.4 Å².